The van der Waals surface area contributed by atoms with Gasteiger partial charge in [0, 0.05) is 24.1 Å². The van der Waals surface area contributed by atoms with Crippen LogP contribution in [0.1, 0.15) is 52.9 Å². The molecule has 0 saturated heterocycles. The van der Waals surface area contributed by atoms with E-state index >= 15 is 0 Å². The summed E-state index contributed by atoms with van der Waals surface area (Å²) in [7, 11) is 0. The summed E-state index contributed by atoms with van der Waals surface area (Å²) in [6.07, 6.45) is 4.88. The van der Waals surface area contributed by atoms with Crippen molar-refractivity contribution in [1.29, 1.82) is 0 Å². The van der Waals surface area contributed by atoms with Crippen LogP contribution in [0, 0.1) is 5.92 Å². The van der Waals surface area contributed by atoms with Gasteiger partial charge in [0.2, 0.25) is 5.91 Å². The molecule has 0 radical (unpaired) electrons. The van der Waals surface area contributed by atoms with Crippen LogP contribution < -0.4 is 0 Å². The molecule has 5 nitrogen and oxygen atoms in total. The molecule has 0 heterocycles. The summed E-state index contributed by atoms with van der Waals surface area (Å²) in [5.41, 5.74) is -0.372. The SMILES string of the molecule is CC(=O)SCC(C)C(=O)N(CC(=O)O)C1(C)CCCCC1. The number of amides is 1. The van der Waals surface area contributed by atoms with Crippen LogP contribution in [-0.4, -0.2) is 44.8 Å². The van der Waals surface area contributed by atoms with Gasteiger partial charge in [0.25, 0.3) is 0 Å². The van der Waals surface area contributed by atoms with Gasteiger partial charge < -0.3 is 10.0 Å². The standard InChI is InChI=1S/C15H25NO4S/c1-11(10-21-12(2)17)14(20)16(9-13(18)19)15(3)7-5-4-6-8-15/h11H,4-10H2,1-3H3,(H,18,19). The maximum Gasteiger partial charge on any atom is 0.323 e. The summed E-state index contributed by atoms with van der Waals surface area (Å²) in [6, 6.07) is 0. The zero-order valence-electron chi connectivity index (χ0n) is 13.1. The van der Waals surface area contributed by atoms with E-state index < -0.39 is 5.97 Å². The average molecular weight is 315 g/mol. The number of carboxylic acid groups (broad SMARTS) is 1. The predicted octanol–water partition coefficient (Wildman–Crippen LogP) is 2.54. The molecule has 0 bridgehead atoms. The molecule has 0 aromatic heterocycles. The van der Waals surface area contributed by atoms with Gasteiger partial charge in [0.05, 0.1) is 0 Å². The zero-order valence-corrected chi connectivity index (χ0v) is 13.9. The molecule has 1 unspecified atom stereocenters. The van der Waals surface area contributed by atoms with Gasteiger partial charge in [-0.15, -0.1) is 0 Å². The first-order chi connectivity index (χ1) is 9.76. The van der Waals surface area contributed by atoms with Crippen molar-refractivity contribution in [2.45, 2.75) is 58.4 Å². The van der Waals surface area contributed by atoms with Gasteiger partial charge >= 0.3 is 5.97 Å². The van der Waals surface area contributed by atoms with Crippen LogP contribution in [0.3, 0.4) is 0 Å². The van der Waals surface area contributed by atoms with Crippen molar-refractivity contribution in [3.8, 4) is 0 Å². The molecule has 1 atom stereocenters. The van der Waals surface area contributed by atoms with Gasteiger partial charge in [-0.3, -0.25) is 14.4 Å². The molecule has 21 heavy (non-hydrogen) atoms. The highest BCUT2D eigenvalue weighted by molar-refractivity contribution is 8.13. The minimum Gasteiger partial charge on any atom is -0.480 e. The van der Waals surface area contributed by atoms with Crippen molar-refractivity contribution in [3.63, 3.8) is 0 Å². The third-order valence-corrected chi connectivity index (χ3v) is 5.17. The highest BCUT2D eigenvalue weighted by Gasteiger charge is 2.38. The quantitative estimate of drug-likeness (QED) is 0.815. The number of rotatable bonds is 6. The van der Waals surface area contributed by atoms with Gasteiger partial charge in [-0.05, 0) is 19.8 Å². The van der Waals surface area contributed by atoms with E-state index in [0.717, 1.165) is 43.9 Å². The molecule has 1 rings (SSSR count). The molecule has 6 heteroatoms. The lowest BCUT2D eigenvalue weighted by Crippen LogP contribution is -2.54. The molecule has 1 aliphatic rings. The van der Waals surface area contributed by atoms with Crippen LogP contribution in [-0.2, 0) is 14.4 Å². The van der Waals surface area contributed by atoms with Crippen LogP contribution >= 0.6 is 11.8 Å². The molecule has 1 amide bonds. The van der Waals surface area contributed by atoms with Crippen LogP contribution in [0.5, 0.6) is 0 Å². The predicted molar refractivity (Wildman–Crippen MR) is 83.1 cm³/mol. The Morgan fingerprint density at radius 1 is 1.24 bits per heavy atom. The molecule has 0 spiro atoms. The number of aliphatic carboxylic acids is 1. The van der Waals surface area contributed by atoms with E-state index in [4.69, 9.17) is 5.11 Å². The summed E-state index contributed by atoms with van der Waals surface area (Å²) in [4.78, 5) is 36.3. The van der Waals surface area contributed by atoms with Crippen molar-refractivity contribution in [3.05, 3.63) is 0 Å². The molecule has 0 aliphatic heterocycles. The van der Waals surface area contributed by atoms with Gasteiger partial charge in [0.15, 0.2) is 5.12 Å². The minimum atomic E-state index is -0.985. The second-order valence-corrected chi connectivity index (χ2v) is 7.28. The van der Waals surface area contributed by atoms with Gasteiger partial charge in [-0.1, -0.05) is 37.9 Å². The lowest BCUT2D eigenvalue weighted by molar-refractivity contribution is -0.152. The number of carboxylic acids is 1. The van der Waals surface area contributed by atoms with Crippen LogP contribution in [0.25, 0.3) is 0 Å². The number of hydrogen-bond donors (Lipinski definition) is 1. The average Bonchev–Trinajstić information content (AvgIpc) is 2.41. The summed E-state index contributed by atoms with van der Waals surface area (Å²) < 4.78 is 0. The Bertz CT molecular complexity index is 404. The molecular formula is C15H25NO4S. The zero-order chi connectivity index (χ0) is 16.0. The van der Waals surface area contributed by atoms with Crippen molar-refractivity contribution in [2.75, 3.05) is 12.3 Å². The summed E-state index contributed by atoms with van der Waals surface area (Å²) >= 11 is 1.12. The van der Waals surface area contributed by atoms with Crippen molar-refractivity contribution in [2.24, 2.45) is 5.92 Å². The second-order valence-electron chi connectivity index (χ2n) is 6.08. The fourth-order valence-corrected chi connectivity index (χ4v) is 3.46. The van der Waals surface area contributed by atoms with Gasteiger partial charge in [0.1, 0.15) is 6.54 Å². The number of carbonyl (C=O) groups excluding carboxylic acids is 2. The molecule has 1 fully saturated rings. The summed E-state index contributed by atoms with van der Waals surface area (Å²) in [5, 5.41) is 9.10. The maximum atomic E-state index is 12.6. The highest BCUT2D eigenvalue weighted by Crippen LogP contribution is 2.34. The van der Waals surface area contributed by atoms with E-state index in [0.29, 0.717) is 5.75 Å². The number of nitrogens with zero attached hydrogens (tertiary/aromatic N) is 1. The third-order valence-electron chi connectivity index (χ3n) is 4.10. The van der Waals surface area contributed by atoms with Crippen molar-refractivity contribution >= 4 is 28.8 Å². The normalized spacial score (nSPS) is 18.8. The molecule has 1 aliphatic carbocycles. The van der Waals surface area contributed by atoms with Crippen molar-refractivity contribution < 1.29 is 19.5 Å². The summed E-state index contributed by atoms with van der Waals surface area (Å²) in [5.74, 6) is -1.09. The third kappa shape index (κ3) is 5.34. The van der Waals surface area contributed by atoms with E-state index in [1.807, 2.05) is 6.92 Å². The molecular weight excluding hydrogens is 290 g/mol. The first-order valence-corrected chi connectivity index (χ1v) is 8.41. The topological polar surface area (TPSA) is 74.7 Å². The highest BCUT2D eigenvalue weighted by atomic mass is 32.2. The Morgan fingerprint density at radius 3 is 2.29 bits per heavy atom. The van der Waals surface area contributed by atoms with E-state index in [2.05, 4.69) is 0 Å². The van der Waals surface area contributed by atoms with Gasteiger partial charge in [-0.2, -0.15) is 0 Å². The fourth-order valence-electron chi connectivity index (χ4n) is 2.83. The number of hydrogen-bond acceptors (Lipinski definition) is 4. The Balaban J connectivity index is 2.82. The molecule has 0 aromatic rings. The Morgan fingerprint density at radius 2 is 1.81 bits per heavy atom. The maximum absolute atomic E-state index is 12.6. The van der Waals surface area contributed by atoms with Crippen LogP contribution in [0.4, 0.5) is 0 Å². The van der Waals surface area contributed by atoms with Gasteiger partial charge in [-0.25, -0.2) is 0 Å². The molecule has 1 N–H and O–H groups in total. The van der Waals surface area contributed by atoms with Crippen LogP contribution in [0.15, 0.2) is 0 Å². The smallest absolute Gasteiger partial charge is 0.323 e. The summed E-state index contributed by atoms with van der Waals surface area (Å²) in [6.45, 7) is 4.96. The lowest BCUT2D eigenvalue weighted by atomic mass is 9.81. The van der Waals surface area contributed by atoms with E-state index in [9.17, 15) is 14.4 Å². The molecule has 120 valence electrons. The van der Waals surface area contributed by atoms with E-state index in [-0.39, 0.29) is 29.0 Å². The fraction of sp³-hybridized carbons (Fsp3) is 0.800. The van der Waals surface area contributed by atoms with Crippen LogP contribution in [0.2, 0.25) is 0 Å². The van der Waals surface area contributed by atoms with E-state index in [1.165, 1.54) is 11.8 Å². The Kier molecular flexibility index (Phi) is 6.71. The van der Waals surface area contributed by atoms with E-state index in [1.54, 1.807) is 6.92 Å². The minimum absolute atomic E-state index is 0.0247. The monoisotopic (exact) mass is 315 g/mol. The largest absolute Gasteiger partial charge is 0.480 e. The Hall–Kier alpha value is -1.04. The first kappa shape index (κ1) is 18.0. The number of thioether (sulfide) groups is 1. The second kappa shape index (κ2) is 7.82. The number of carbonyl (C=O) groups is 3. The molecule has 0 aromatic carbocycles. The van der Waals surface area contributed by atoms with Crippen molar-refractivity contribution in [1.82, 2.24) is 4.90 Å². The molecule has 1 saturated carbocycles. The first-order valence-electron chi connectivity index (χ1n) is 7.43. The Labute approximate surface area is 130 Å². The lowest BCUT2D eigenvalue weighted by Gasteiger charge is -2.44.